The first kappa shape index (κ1) is 17.4. The fraction of sp³-hybridized carbons (Fsp3) is 0.769. The molecular weight excluding hydrogens is 248 g/mol. The Bertz CT molecular complexity index is 369. The first-order valence-corrected chi connectivity index (χ1v) is 6.13. The molecule has 0 spiro atoms. The monoisotopic (exact) mass is 272 g/mol. The van der Waals surface area contributed by atoms with E-state index in [4.69, 9.17) is 5.11 Å². The Kier molecular flexibility index (Phi) is 5.53. The van der Waals surface area contributed by atoms with E-state index in [-0.39, 0.29) is 30.3 Å². The molecule has 0 bridgehead atoms. The van der Waals surface area contributed by atoms with Gasteiger partial charge in [0.1, 0.15) is 0 Å². The highest BCUT2D eigenvalue weighted by Crippen LogP contribution is 2.21. The van der Waals surface area contributed by atoms with Gasteiger partial charge in [0, 0.05) is 19.0 Å². The second-order valence-electron chi connectivity index (χ2n) is 6.41. The van der Waals surface area contributed by atoms with E-state index < -0.39 is 11.4 Å². The first-order valence-electron chi connectivity index (χ1n) is 6.13. The van der Waals surface area contributed by atoms with Crippen LogP contribution < -0.4 is 5.32 Å². The van der Waals surface area contributed by atoms with Gasteiger partial charge >= 0.3 is 5.97 Å². The molecule has 0 aromatic rings. The maximum atomic E-state index is 11.8. The highest BCUT2D eigenvalue weighted by molar-refractivity contribution is 5.88. The summed E-state index contributed by atoms with van der Waals surface area (Å²) in [5.41, 5.74) is -1.49. The van der Waals surface area contributed by atoms with E-state index in [0.29, 0.717) is 0 Å². The molecule has 2 N–H and O–H groups in total. The summed E-state index contributed by atoms with van der Waals surface area (Å²) in [7, 11) is 1.49. The van der Waals surface area contributed by atoms with Crippen molar-refractivity contribution in [1.82, 2.24) is 10.2 Å². The third-order valence-electron chi connectivity index (χ3n) is 2.49. The second kappa shape index (κ2) is 6.04. The molecule has 0 aromatic heterocycles. The maximum Gasteiger partial charge on any atom is 0.309 e. The Morgan fingerprint density at radius 3 is 1.95 bits per heavy atom. The molecule has 6 heteroatoms. The average molecular weight is 272 g/mol. The van der Waals surface area contributed by atoms with Gasteiger partial charge in [-0.25, -0.2) is 0 Å². The standard InChI is InChI=1S/C13H24N2O4/c1-12(2,3)14-9(16)8-15(6)10(17)7-13(4,5)11(18)19/h7-8H2,1-6H3,(H,14,16)(H,18,19). The molecule has 6 nitrogen and oxygen atoms in total. The zero-order valence-corrected chi connectivity index (χ0v) is 12.5. The molecule has 0 rings (SSSR count). The number of carbonyl (C=O) groups is 3. The normalized spacial score (nSPS) is 11.9. The molecule has 0 aliphatic carbocycles. The third-order valence-corrected chi connectivity index (χ3v) is 2.49. The quantitative estimate of drug-likeness (QED) is 0.777. The van der Waals surface area contributed by atoms with Crippen molar-refractivity contribution in [1.29, 1.82) is 0 Å². The SMILES string of the molecule is CN(CC(=O)NC(C)(C)C)C(=O)CC(C)(C)C(=O)O. The van der Waals surface area contributed by atoms with Crippen LogP contribution in [0.2, 0.25) is 0 Å². The zero-order valence-electron chi connectivity index (χ0n) is 12.5. The Balaban J connectivity index is 4.44. The third kappa shape index (κ3) is 6.79. The molecule has 2 amide bonds. The summed E-state index contributed by atoms with van der Waals surface area (Å²) in [6.07, 6.45) is -0.137. The molecule has 0 unspecified atom stereocenters. The molecule has 0 saturated heterocycles. The Morgan fingerprint density at radius 1 is 1.11 bits per heavy atom. The van der Waals surface area contributed by atoms with Crippen molar-refractivity contribution in [2.45, 2.75) is 46.6 Å². The summed E-state index contributed by atoms with van der Waals surface area (Å²) in [6.45, 7) is 8.43. The number of rotatable bonds is 5. The Hall–Kier alpha value is -1.59. The van der Waals surface area contributed by atoms with Crippen molar-refractivity contribution in [3.63, 3.8) is 0 Å². The molecule has 0 atom stereocenters. The van der Waals surface area contributed by atoms with Gasteiger partial charge in [-0.3, -0.25) is 14.4 Å². The molecule has 0 saturated carbocycles. The molecule has 0 aliphatic rings. The number of carboxylic acids is 1. The van der Waals surface area contributed by atoms with Gasteiger partial charge in [0.25, 0.3) is 0 Å². The summed E-state index contributed by atoms with van der Waals surface area (Å²) < 4.78 is 0. The van der Waals surface area contributed by atoms with Gasteiger partial charge < -0.3 is 15.3 Å². The lowest BCUT2D eigenvalue weighted by molar-refractivity contribution is -0.151. The van der Waals surface area contributed by atoms with Crippen LogP contribution in [-0.4, -0.2) is 46.9 Å². The van der Waals surface area contributed by atoms with Gasteiger partial charge in [0.05, 0.1) is 12.0 Å². The van der Waals surface area contributed by atoms with Gasteiger partial charge in [0.15, 0.2) is 0 Å². The van der Waals surface area contributed by atoms with Crippen molar-refractivity contribution < 1.29 is 19.5 Å². The van der Waals surface area contributed by atoms with Crippen LogP contribution in [0.3, 0.4) is 0 Å². The molecule has 0 aromatic carbocycles. The van der Waals surface area contributed by atoms with Crippen molar-refractivity contribution >= 4 is 17.8 Å². The number of amides is 2. The van der Waals surface area contributed by atoms with Crippen LogP contribution in [-0.2, 0) is 14.4 Å². The van der Waals surface area contributed by atoms with Crippen molar-refractivity contribution in [3.8, 4) is 0 Å². The molecule has 19 heavy (non-hydrogen) atoms. The number of hydrogen-bond donors (Lipinski definition) is 2. The highest BCUT2D eigenvalue weighted by Gasteiger charge is 2.31. The van der Waals surface area contributed by atoms with Crippen molar-refractivity contribution in [2.24, 2.45) is 5.41 Å². The molecule has 0 radical (unpaired) electrons. The van der Waals surface area contributed by atoms with Gasteiger partial charge in [-0.05, 0) is 34.6 Å². The van der Waals surface area contributed by atoms with Crippen LogP contribution in [0.25, 0.3) is 0 Å². The predicted octanol–water partition coefficient (Wildman–Crippen LogP) is 0.860. The van der Waals surface area contributed by atoms with Crippen molar-refractivity contribution in [2.75, 3.05) is 13.6 Å². The summed E-state index contributed by atoms with van der Waals surface area (Å²) >= 11 is 0. The van der Waals surface area contributed by atoms with Crippen LogP contribution >= 0.6 is 0 Å². The number of hydrogen-bond acceptors (Lipinski definition) is 3. The second-order valence-corrected chi connectivity index (χ2v) is 6.41. The zero-order chi connectivity index (χ0) is 15.4. The molecule has 0 fully saturated rings. The number of nitrogens with one attached hydrogen (secondary N) is 1. The van der Waals surface area contributed by atoms with Gasteiger partial charge in [-0.15, -0.1) is 0 Å². The Morgan fingerprint density at radius 2 is 1.58 bits per heavy atom. The van der Waals surface area contributed by atoms with Crippen LogP contribution in [0.1, 0.15) is 41.0 Å². The lowest BCUT2D eigenvalue weighted by Gasteiger charge is -2.25. The molecular formula is C13H24N2O4. The van der Waals surface area contributed by atoms with E-state index in [1.54, 1.807) is 0 Å². The van der Waals surface area contributed by atoms with E-state index >= 15 is 0 Å². The van der Waals surface area contributed by atoms with Gasteiger partial charge in [-0.1, -0.05) is 0 Å². The topological polar surface area (TPSA) is 86.7 Å². The number of carbonyl (C=O) groups excluding carboxylic acids is 2. The summed E-state index contributed by atoms with van der Waals surface area (Å²) in [4.78, 5) is 35.7. The minimum Gasteiger partial charge on any atom is -0.481 e. The smallest absolute Gasteiger partial charge is 0.309 e. The van der Waals surface area contributed by atoms with Crippen LogP contribution in [0.4, 0.5) is 0 Å². The van der Waals surface area contributed by atoms with Crippen molar-refractivity contribution in [3.05, 3.63) is 0 Å². The number of nitrogens with zero attached hydrogens (tertiary/aromatic N) is 1. The number of carboxylic acid groups (broad SMARTS) is 1. The highest BCUT2D eigenvalue weighted by atomic mass is 16.4. The average Bonchev–Trinajstić information content (AvgIpc) is 2.12. The fourth-order valence-electron chi connectivity index (χ4n) is 1.35. The summed E-state index contributed by atoms with van der Waals surface area (Å²) in [6, 6.07) is 0. The largest absolute Gasteiger partial charge is 0.481 e. The van der Waals surface area contributed by atoms with E-state index in [9.17, 15) is 14.4 Å². The summed E-state index contributed by atoms with van der Waals surface area (Å²) in [5.74, 6) is -1.67. The molecule has 0 aliphatic heterocycles. The van der Waals surface area contributed by atoms with Crippen LogP contribution in [0.5, 0.6) is 0 Å². The summed E-state index contributed by atoms with van der Waals surface area (Å²) in [5, 5.41) is 11.7. The van der Waals surface area contributed by atoms with Crippen LogP contribution in [0.15, 0.2) is 0 Å². The number of likely N-dealkylation sites (N-methyl/N-ethyl adjacent to an activating group) is 1. The molecule has 0 heterocycles. The number of aliphatic carboxylic acids is 1. The Labute approximate surface area is 114 Å². The lowest BCUT2D eigenvalue weighted by Crippen LogP contribution is -2.47. The fourth-order valence-corrected chi connectivity index (χ4v) is 1.35. The predicted molar refractivity (Wildman–Crippen MR) is 71.6 cm³/mol. The first-order chi connectivity index (χ1) is 8.35. The molecule has 110 valence electrons. The van der Waals surface area contributed by atoms with E-state index in [0.717, 1.165) is 0 Å². The van der Waals surface area contributed by atoms with Gasteiger partial charge in [0.2, 0.25) is 11.8 Å². The van der Waals surface area contributed by atoms with E-state index in [1.165, 1.54) is 25.8 Å². The minimum atomic E-state index is -1.13. The van der Waals surface area contributed by atoms with Crippen LogP contribution in [0, 0.1) is 5.41 Å². The lowest BCUT2D eigenvalue weighted by atomic mass is 9.89. The minimum absolute atomic E-state index is 0.0776. The van der Waals surface area contributed by atoms with Gasteiger partial charge in [-0.2, -0.15) is 0 Å². The maximum absolute atomic E-state index is 11.8. The van der Waals surface area contributed by atoms with E-state index in [1.807, 2.05) is 20.8 Å². The van der Waals surface area contributed by atoms with E-state index in [2.05, 4.69) is 5.32 Å².